The van der Waals surface area contributed by atoms with Crippen molar-refractivity contribution in [1.82, 2.24) is 0 Å². The van der Waals surface area contributed by atoms with Gasteiger partial charge >= 0.3 is 0 Å². The summed E-state index contributed by atoms with van der Waals surface area (Å²) in [6.07, 6.45) is 1.20. The first-order valence-corrected chi connectivity index (χ1v) is 7.38. The quantitative estimate of drug-likeness (QED) is 0.604. The SMILES string of the molecule is CC(N)CC[Si](C)(C)C. The summed E-state index contributed by atoms with van der Waals surface area (Å²) in [5, 5.41) is 0. The minimum Gasteiger partial charge on any atom is -0.328 e. The summed E-state index contributed by atoms with van der Waals surface area (Å²) in [5.74, 6) is 0. The molecule has 0 aliphatic heterocycles. The Morgan fingerprint density at radius 2 is 1.78 bits per heavy atom. The highest BCUT2D eigenvalue weighted by atomic mass is 28.3. The molecule has 0 aliphatic rings. The lowest BCUT2D eigenvalue weighted by Crippen LogP contribution is -2.24. The molecule has 0 aromatic heterocycles. The average Bonchev–Trinajstić information content (AvgIpc) is 1.59. The van der Waals surface area contributed by atoms with Crippen LogP contribution in [-0.4, -0.2) is 14.1 Å². The molecule has 0 radical (unpaired) electrons. The van der Waals surface area contributed by atoms with E-state index in [4.69, 9.17) is 5.73 Å². The Morgan fingerprint density at radius 3 is 1.89 bits per heavy atom. The molecule has 9 heavy (non-hydrogen) atoms. The highest BCUT2D eigenvalue weighted by Crippen LogP contribution is 2.11. The van der Waals surface area contributed by atoms with E-state index in [1.807, 2.05) is 0 Å². The average molecular weight is 145 g/mol. The lowest BCUT2D eigenvalue weighted by Gasteiger charge is -2.16. The van der Waals surface area contributed by atoms with Crippen molar-refractivity contribution in [2.45, 2.75) is 45.1 Å². The highest BCUT2D eigenvalue weighted by molar-refractivity contribution is 6.76. The van der Waals surface area contributed by atoms with Gasteiger partial charge in [-0.15, -0.1) is 0 Å². The Kier molecular flexibility index (Phi) is 3.44. The maximum Gasteiger partial charge on any atom is 0.0443 e. The molecule has 2 heteroatoms. The molecule has 0 aromatic rings. The van der Waals surface area contributed by atoms with Crippen LogP contribution >= 0.6 is 0 Å². The molecule has 0 amide bonds. The smallest absolute Gasteiger partial charge is 0.0443 e. The second kappa shape index (κ2) is 3.37. The molecule has 0 aliphatic carbocycles. The lowest BCUT2D eigenvalue weighted by molar-refractivity contribution is 0.707. The van der Waals surface area contributed by atoms with E-state index in [9.17, 15) is 0 Å². The second-order valence-electron chi connectivity index (χ2n) is 4.08. The van der Waals surface area contributed by atoms with Crippen LogP contribution in [0.15, 0.2) is 0 Å². The first-order chi connectivity index (χ1) is 3.92. The molecule has 2 N–H and O–H groups in total. The second-order valence-corrected chi connectivity index (χ2v) is 9.70. The van der Waals surface area contributed by atoms with Gasteiger partial charge in [0.2, 0.25) is 0 Å². The van der Waals surface area contributed by atoms with Crippen LogP contribution in [-0.2, 0) is 0 Å². The highest BCUT2D eigenvalue weighted by Gasteiger charge is 2.12. The van der Waals surface area contributed by atoms with Gasteiger partial charge in [-0.1, -0.05) is 25.7 Å². The molecule has 1 unspecified atom stereocenters. The first-order valence-electron chi connectivity index (χ1n) is 3.67. The van der Waals surface area contributed by atoms with Gasteiger partial charge in [0.05, 0.1) is 0 Å². The molecular formula is C7H19NSi. The summed E-state index contributed by atoms with van der Waals surface area (Å²) >= 11 is 0. The Bertz CT molecular complexity index is 73.5. The Balaban J connectivity index is 3.28. The maximum atomic E-state index is 5.62. The molecule has 0 bridgehead atoms. The zero-order valence-corrected chi connectivity index (χ0v) is 8.07. The summed E-state index contributed by atoms with van der Waals surface area (Å²) in [4.78, 5) is 0. The molecule has 0 heterocycles. The van der Waals surface area contributed by atoms with Crippen molar-refractivity contribution in [1.29, 1.82) is 0 Å². The van der Waals surface area contributed by atoms with Crippen LogP contribution in [0.25, 0.3) is 0 Å². The minimum atomic E-state index is -0.800. The van der Waals surface area contributed by atoms with E-state index in [-0.39, 0.29) is 0 Å². The molecule has 0 saturated carbocycles. The number of nitrogens with two attached hydrogens (primary N) is 1. The van der Waals surface area contributed by atoms with Crippen molar-refractivity contribution in [2.75, 3.05) is 0 Å². The third-order valence-electron chi connectivity index (χ3n) is 1.35. The van der Waals surface area contributed by atoms with Crippen LogP contribution in [0.2, 0.25) is 25.7 Å². The van der Waals surface area contributed by atoms with E-state index >= 15 is 0 Å². The van der Waals surface area contributed by atoms with E-state index < -0.39 is 8.07 Å². The minimum absolute atomic E-state index is 0.400. The predicted octanol–water partition coefficient (Wildman–Crippen LogP) is 2.06. The Labute approximate surface area is 59.6 Å². The zero-order chi connectivity index (χ0) is 7.49. The van der Waals surface area contributed by atoms with Crippen LogP contribution in [0.4, 0.5) is 0 Å². The van der Waals surface area contributed by atoms with Crippen LogP contribution in [0, 0.1) is 0 Å². The standard InChI is InChI=1S/C7H19NSi/c1-7(8)5-6-9(2,3)4/h7H,5-6,8H2,1-4H3. The van der Waals surface area contributed by atoms with Crippen LogP contribution in [0.3, 0.4) is 0 Å². The maximum absolute atomic E-state index is 5.62. The summed E-state index contributed by atoms with van der Waals surface area (Å²) < 4.78 is 0. The molecule has 56 valence electrons. The summed E-state index contributed by atoms with van der Waals surface area (Å²) in [6, 6.07) is 1.77. The van der Waals surface area contributed by atoms with Crippen molar-refractivity contribution < 1.29 is 0 Å². The van der Waals surface area contributed by atoms with Crippen LogP contribution in [0.1, 0.15) is 13.3 Å². The van der Waals surface area contributed by atoms with E-state index in [0.29, 0.717) is 6.04 Å². The fourth-order valence-corrected chi connectivity index (χ4v) is 1.98. The molecule has 0 aromatic carbocycles. The van der Waals surface area contributed by atoms with Gasteiger partial charge in [-0.2, -0.15) is 0 Å². The lowest BCUT2D eigenvalue weighted by atomic mass is 10.3. The normalized spacial score (nSPS) is 15.7. The van der Waals surface area contributed by atoms with Gasteiger partial charge in [-0.25, -0.2) is 0 Å². The van der Waals surface area contributed by atoms with Gasteiger partial charge in [-0.05, 0) is 13.3 Å². The zero-order valence-electron chi connectivity index (χ0n) is 7.07. The largest absolute Gasteiger partial charge is 0.328 e. The molecule has 0 spiro atoms. The fraction of sp³-hybridized carbons (Fsp3) is 1.00. The third-order valence-corrected chi connectivity index (χ3v) is 3.14. The van der Waals surface area contributed by atoms with Gasteiger partial charge in [0.25, 0.3) is 0 Å². The van der Waals surface area contributed by atoms with E-state index in [0.717, 1.165) is 0 Å². The number of rotatable bonds is 3. The van der Waals surface area contributed by atoms with Crippen molar-refractivity contribution in [3.05, 3.63) is 0 Å². The van der Waals surface area contributed by atoms with Crippen molar-refractivity contribution in [2.24, 2.45) is 5.73 Å². The van der Waals surface area contributed by atoms with E-state index in [1.165, 1.54) is 12.5 Å². The van der Waals surface area contributed by atoms with Crippen molar-refractivity contribution >= 4 is 8.07 Å². The molecular weight excluding hydrogens is 126 g/mol. The Morgan fingerprint density at radius 1 is 1.33 bits per heavy atom. The van der Waals surface area contributed by atoms with Gasteiger partial charge in [0.15, 0.2) is 0 Å². The van der Waals surface area contributed by atoms with E-state index in [2.05, 4.69) is 26.6 Å². The summed E-state index contributed by atoms with van der Waals surface area (Å²) in [7, 11) is -0.800. The molecule has 1 atom stereocenters. The number of hydrogen-bond acceptors (Lipinski definition) is 1. The molecule has 0 fully saturated rings. The van der Waals surface area contributed by atoms with Gasteiger partial charge in [0, 0.05) is 14.1 Å². The Hall–Kier alpha value is 0.177. The summed E-state index contributed by atoms with van der Waals surface area (Å²) in [5.41, 5.74) is 5.62. The topological polar surface area (TPSA) is 26.0 Å². The van der Waals surface area contributed by atoms with Crippen LogP contribution in [0.5, 0.6) is 0 Å². The molecule has 1 nitrogen and oxygen atoms in total. The predicted molar refractivity (Wildman–Crippen MR) is 46.4 cm³/mol. The number of hydrogen-bond donors (Lipinski definition) is 1. The van der Waals surface area contributed by atoms with Crippen LogP contribution < -0.4 is 5.73 Å². The van der Waals surface area contributed by atoms with Gasteiger partial charge < -0.3 is 5.73 Å². The van der Waals surface area contributed by atoms with Crippen molar-refractivity contribution in [3.63, 3.8) is 0 Å². The van der Waals surface area contributed by atoms with E-state index in [1.54, 1.807) is 0 Å². The molecule has 0 rings (SSSR count). The van der Waals surface area contributed by atoms with Gasteiger partial charge in [-0.3, -0.25) is 0 Å². The first kappa shape index (κ1) is 9.18. The fourth-order valence-electron chi connectivity index (χ4n) is 0.661. The monoisotopic (exact) mass is 145 g/mol. The molecule has 0 saturated heterocycles. The van der Waals surface area contributed by atoms with Gasteiger partial charge in [0.1, 0.15) is 0 Å². The van der Waals surface area contributed by atoms with Crippen molar-refractivity contribution in [3.8, 4) is 0 Å². The summed E-state index contributed by atoms with van der Waals surface area (Å²) in [6.45, 7) is 9.24. The third kappa shape index (κ3) is 8.18.